The van der Waals surface area contributed by atoms with Crippen LogP contribution in [0.25, 0.3) is 0 Å². The zero-order chi connectivity index (χ0) is 13.2. The molecule has 0 saturated heterocycles. The van der Waals surface area contributed by atoms with Crippen LogP contribution in [-0.2, 0) is 0 Å². The molecule has 0 amide bonds. The molecule has 0 spiro atoms. The molecule has 18 heavy (non-hydrogen) atoms. The Kier molecular flexibility index (Phi) is 3.95. The van der Waals surface area contributed by atoms with Crippen molar-refractivity contribution in [1.29, 1.82) is 0 Å². The SMILES string of the molecule is CNc1nc(Cl)ncc1OCCC1CC(C)(C)C1. The fraction of sp³-hybridized carbons (Fsp3) is 0.692. The van der Waals surface area contributed by atoms with Crippen molar-refractivity contribution in [3.63, 3.8) is 0 Å². The lowest BCUT2D eigenvalue weighted by Crippen LogP contribution is -2.32. The molecule has 2 rings (SSSR count). The summed E-state index contributed by atoms with van der Waals surface area (Å²) in [7, 11) is 1.79. The Morgan fingerprint density at radius 2 is 2.22 bits per heavy atom. The molecule has 0 aliphatic heterocycles. The summed E-state index contributed by atoms with van der Waals surface area (Å²) < 4.78 is 5.71. The van der Waals surface area contributed by atoms with Gasteiger partial charge >= 0.3 is 0 Å². The van der Waals surface area contributed by atoms with E-state index in [0.717, 1.165) is 12.3 Å². The van der Waals surface area contributed by atoms with Crippen LogP contribution in [0.15, 0.2) is 6.20 Å². The maximum Gasteiger partial charge on any atom is 0.224 e. The maximum atomic E-state index is 5.73. The van der Waals surface area contributed by atoms with Gasteiger partial charge in [-0.15, -0.1) is 0 Å². The molecule has 0 bridgehead atoms. The number of rotatable bonds is 5. The highest BCUT2D eigenvalue weighted by molar-refractivity contribution is 6.28. The van der Waals surface area contributed by atoms with Gasteiger partial charge < -0.3 is 10.1 Å². The highest BCUT2D eigenvalue weighted by atomic mass is 35.5. The molecular weight excluding hydrogens is 250 g/mol. The van der Waals surface area contributed by atoms with Crippen molar-refractivity contribution in [2.24, 2.45) is 11.3 Å². The van der Waals surface area contributed by atoms with Gasteiger partial charge in [-0.1, -0.05) is 13.8 Å². The van der Waals surface area contributed by atoms with Crippen molar-refractivity contribution in [3.8, 4) is 5.75 Å². The number of anilines is 1. The Hall–Kier alpha value is -1.03. The highest BCUT2D eigenvalue weighted by Gasteiger charge is 2.35. The first kappa shape index (κ1) is 13.4. The molecule has 0 aromatic carbocycles. The van der Waals surface area contributed by atoms with E-state index in [0.29, 0.717) is 23.6 Å². The van der Waals surface area contributed by atoms with Gasteiger partial charge in [0.05, 0.1) is 12.8 Å². The fourth-order valence-electron chi connectivity index (χ4n) is 2.68. The molecule has 0 atom stereocenters. The van der Waals surface area contributed by atoms with Crippen molar-refractivity contribution in [1.82, 2.24) is 9.97 Å². The largest absolute Gasteiger partial charge is 0.488 e. The summed E-state index contributed by atoms with van der Waals surface area (Å²) in [5.41, 5.74) is 0.532. The second-order valence-corrected chi connectivity index (χ2v) is 6.02. The molecular formula is C13H20ClN3O. The molecule has 1 fully saturated rings. The average molecular weight is 270 g/mol. The van der Waals surface area contributed by atoms with Gasteiger partial charge in [-0.2, -0.15) is 4.98 Å². The first-order valence-electron chi connectivity index (χ1n) is 6.33. The Morgan fingerprint density at radius 1 is 1.50 bits per heavy atom. The molecule has 1 aromatic heterocycles. The number of nitrogens with one attached hydrogen (secondary N) is 1. The highest BCUT2D eigenvalue weighted by Crippen LogP contribution is 2.46. The third-order valence-electron chi connectivity index (χ3n) is 3.43. The molecule has 1 saturated carbocycles. The lowest BCUT2D eigenvalue weighted by molar-refractivity contribution is 0.0771. The van der Waals surface area contributed by atoms with Crippen LogP contribution in [0.4, 0.5) is 5.82 Å². The molecule has 1 aliphatic carbocycles. The number of nitrogens with zero attached hydrogens (tertiary/aromatic N) is 2. The number of hydrogen-bond donors (Lipinski definition) is 1. The molecule has 1 aromatic rings. The van der Waals surface area contributed by atoms with Crippen molar-refractivity contribution >= 4 is 17.4 Å². The second-order valence-electron chi connectivity index (χ2n) is 5.68. The van der Waals surface area contributed by atoms with Gasteiger partial charge in [0.25, 0.3) is 0 Å². The van der Waals surface area contributed by atoms with Crippen molar-refractivity contribution in [2.45, 2.75) is 33.1 Å². The standard InChI is InChI=1S/C13H20ClN3O/c1-13(2)6-9(7-13)4-5-18-10-8-16-12(14)17-11(10)15-3/h8-9H,4-7H2,1-3H3,(H,15,16,17). The van der Waals surface area contributed by atoms with E-state index in [1.165, 1.54) is 12.8 Å². The normalized spacial score (nSPS) is 18.2. The minimum absolute atomic E-state index is 0.229. The van der Waals surface area contributed by atoms with E-state index in [1.54, 1.807) is 13.2 Å². The van der Waals surface area contributed by atoms with Gasteiger partial charge in [-0.05, 0) is 42.2 Å². The van der Waals surface area contributed by atoms with E-state index in [4.69, 9.17) is 16.3 Å². The van der Waals surface area contributed by atoms with E-state index in [9.17, 15) is 0 Å². The van der Waals surface area contributed by atoms with Gasteiger partial charge in [0.1, 0.15) is 0 Å². The van der Waals surface area contributed by atoms with Crippen LogP contribution < -0.4 is 10.1 Å². The van der Waals surface area contributed by atoms with Crippen molar-refractivity contribution in [3.05, 3.63) is 11.5 Å². The van der Waals surface area contributed by atoms with E-state index >= 15 is 0 Å². The topological polar surface area (TPSA) is 47.0 Å². The zero-order valence-electron chi connectivity index (χ0n) is 11.2. The summed E-state index contributed by atoms with van der Waals surface area (Å²) in [5, 5.41) is 3.18. The zero-order valence-corrected chi connectivity index (χ0v) is 11.9. The summed E-state index contributed by atoms with van der Waals surface area (Å²) in [4.78, 5) is 8.00. The van der Waals surface area contributed by atoms with Gasteiger partial charge in [-0.25, -0.2) is 4.98 Å². The minimum Gasteiger partial charge on any atom is -0.488 e. The Morgan fingerprint density at radius 3 is 2.83 bits per heavy atom. The summed E-state index contributed by atoms with van der Waals surface area (Å²) in [6.45, 7) is 5.34. The van der Waals surface area contributed by atoms with Crippen LogP contribution in [-0.4, -0.2) is 23.6 Å². The quantitative estimate of drug-likeness (QED) is 0.833. The molecule has 5 heteroatoms. The third-order valence-corrected chi connectivity index (χ3v) is 3.61. The van der Waals surface area contributed by atoms with E-state index in [1.807, 2.05) is 0 Å². The lowest BCUT2D eigenvalue weighted by Gasteiger charge is -2.42. The first-order chi connectivity index (χ1) is 8.50. The molecule has 0 radical (unpaired) electrons. The van der Waals surface area contributed by atoms with Crippen molar-refractivity contribution < 1.29 is 4.74 Å². The second kappa shape index (κ2) is 5.31. The Balaban J connectivity index is 1.80. The Labute approximate surface area is 113 Å². The number of ether oxygens (including phenoxy) is 1. The first-order valence-corrected chi connectivity index (χ1v) is 6.71. The minimum atomic E-state index is 0.229. The maximum absolute atomic E-state index is 5.73. The third kappa shape index (κ3) is 3.25. The molecule has 100 valence electrons. The van der Waals surface area contributed by atoms with E-state index in [2.05, 4.69) is 29.1 Å². The molecule has 4 nitrogen and oxygen atoms in total. The molecule has 1 heterocycles. The number of halogens is 1. The molecule has 1 aliphatic rings. The summed E-state index contributed by atoms with van der Waals surface area (Å²) in [6.07, 6.45) is 5.31. The van der Waals surface area contributed by atoms with Gasteiger partial charge in [0.15, 0.2) is 11.6 Å². The molecule has 0 unspecified atom stereocenters. The van der Waals surface area contributed by atoms with Crippen LogP contribution in [0.5, 0.6) is 5.75 Å². The van der Waals surface area contributed by atoms with Crippen LogP contribution in [0.3, 0.4) is 0 Å². The van der Waals surface area contributed by atoms with Crippen LogP contribution in [0.2, 0.25) is 5.28 Å². The van der Waals surface area contributed by atoms with Gasteiger partial charge in [0, 0.05) is 7.05 Å². The summed E-state index contributed by atoms with van der Waals surface area (Å²) in [6, 6.07) is 0. The summed E-state index contributed by atoms with van der Waals surface area (Å²) >= 11 is 5.73. The fourth-order valence-corrected chi connectivity index (χ4v) is 2.81. The predicted molar refractivity (Wildman–Crippen MR) is 73.2 cm³/mol. The van der Waals surface area contributed by atoms with Crippen LogP contribution in [0.1, 0.15) is 33.1 Å². The van der Waals surface area contributed by atoms with Crippen LogP contribution >= 0.6 is 11.6 Å². The van der Waals surface area contributed by atoms with Gasteiger partial charge in [0.2, 0.25) is 5.28 Å². The van der Waals surface area contributed by atoms with Gasteiger partial charge in [-0.3, -0.25) is 0 Å². The smallest absolute Gasteiger partial charge is 0.224 e. The number of hydrogen-bond acceptors (Lipinski definition) is 4. The summed E-state index contributed by atoms with van der Waals surface area (Å²) in [5.74, 6) is 2.11. The monoisotopic (exact) mass is 269 g/mol. The van der Waals surface area contributed by atoms with Crippen molar-refractivity contribution in [2.75, 3.05) is 19.0 Å². The lowest BCUT2D eigenvalue weighted by atomic mass is 9.63. The predicted octanol–water partition coefficient (Wildman–Crippen LogP) is 3.38. The molecule has 1 N–H and O–H groups in total. The Bertz CT molecular complexity index is 415. The van der Waals surface area contributed by atoms with E-state index < -0.39 is 0 Å². The van der Waals surface area contributed by atoms with Crippen LogP contribution in [0, 0.1) is 11.3 Å². The average Bonchev–Trinajstić information content (AvgIpc) is 2.28. The van der Waals surface area contributed by atoms with E-state index in [-0.39, 0.29) is 5.28 Å². The number of aromatic nitrogens is 2.